The van der Waals surface area contributed by atoms with Crippen LogP contribution in [0.5, 0.6) is 0 Å². The van der Waals surface area contributed by atoms with Crippen molar-refractivity contribution in [3.05, 3.63) is 60.7 Å². The van der Waals surface area contributed by atoms with E-state index in [0.717, 1.165) is 0 Å². The second-order valence-electron chi connectivity index (χ2n) is 7.47. The molecule has 6 nitrogen and oxygen atoms in total. The van der Waals surface area contributed by atoms with Crippen LogP contribution in [-0.4, -0.2) is 31.7 Å². The summed E-state index contributed by atoms with van der Waals surface area (Å²) in [6.45, 7) is 2.28. The Labute approximate surface area is 234 Å². The Bertz CT molecular complexity index is 844. The van der Waals surface area contributed by atoms with Crippen LogP contribution in [0.15, 0.2) is 70.5 Å². The zero-order valence-corrected chi connectivity index (χ0v) is 25.0. The molecule has 0 atom stereocenters. The summed E-state index contributed by atoms with van der Waals surface area (Å²) >= 11 is 3.50. The Balaban J connectivity index is 0. The second-order valence-corrected chi connectivity index (χ2v) is 10.7. The van der Waals surface area contributed by atoms with E-state index >= 15 is 0 Å². The molecule has 0 N–H and O–H groups in total. The maximum absolute atomic E-state index is 10.3. The first-order chi connectivity index (χ1) is 15.6. The van der Waals surface area contributed by atoms with E-state index in [9.17, 15) is 25.9 Å². The molecule has 34 heavy (non-hydrogen) atoms. The number of unbranched alkanes of at least 4 members (excludes halogenated alkanes) is 9. The van der Waals surface area contributed by atoms with Gasteiger partial charge >= 0.3 is 29.6 Å². The molecule has 0 radical (unpaired) electrons. The summed E-state index contributed by atoms with van der Waals surface area (Å²) in [6.07, 6.45) is 14.3. The van der Waals surface area contributed by atoms with Crippen molar-refractivity contribution < 1.29 is 55.5 Å². The third-order valence-electron chi connectivity index (χ3n) is 4.59. The van der Waals surface area contributed by atoms with Gasteiger partial charge in [-0.15, -0.1) is 0 Å². The fraction of sp³-hybridized carbons (Fsp3) is 0.500. The molecule has 2 aromatic carbocycles. The summed E-state index contributed by atoms with van der Waals surface area (Å²) in [5.74, 6) is 1.18. The van der Waals surface area contributed by atoms with E-state index in [1.807, 2.05) is 0 Å². The van der Waals surface area contributed by atoms with E-state index < -0.39 is 20.2 Å². The molecule has 0 saturated carbocycles. The summed E-state index contributed by atoms with van der Waals surface area (Å²) in [7, 11) is -8.51. The van der Waals surface area contributed by atoms with Crippen LogP contribution in [0.4, 0.5) is 0 Å². The maximum atomic E-state index is 10.3. The first-order valence-electron chi connectivity index (χ1n) is 11.3. The molecule has 0 fully saturated rings. The van der Waals surface area contributed by atoms with Gasteiger partial charge in [-0.2, -0.15) is 0 Å². The Kier molecular flexibility index (Phi) is 23.0. The summed E-state index contributed by atoms with van der Waals surface area (Å²) in [5.41, 5.74) is 0. The first kappa shape index (κ1) is 35.8. The molecule has 0 saturated heterocycles. The summed E-state index contributed by atoms with van der Waals surface area (Å²) < 4.78 is 61.7. The molecule has 0 spiro atoms. The largest absolute Gasteiger partial charge is 1.00 e. The van der Waals surface area contributed by atoms with E-state index in [1.165, 1.54) is 118 Å². The average molecular weight is 541 g/mol. The van der Waals surface area contributed by atoms with E-state index in [4.69, 9.17) is 0 Å². The van der Waals surface area contributed by atoms with Gasteiger partial charge in [0.05, 0.1) is 9.79 Å². The predicted molar refractivity (Wildman–Crippen MR) is 136 cm³/mol. The quantitative estimate of drug-likeness (QED) is 0.176. The van der Waals surface area contributed by atoms with E-state index in [-0.39, 0.29) is 39.3 Å². The van der Waals surface area contributed by atoms with Crippen molar-refractivity contribution in [2.45, 2.75) is 80.9 Å². The van der Waals surface area contributed by atoms with Crippen LogP contribution in [0.3, 0.4) is 0 Å². The Morgan fingerprint density at radius 2 is 0.882 bits per heavy atom. The molecule has 0 unspecified atom stereocenters. The molecule has 10 heteroatoms. The van der Waals surface area contributed by atoms with Crippen LogP contribution < -0.4 is 29.6 Å². The molecule has 0 amide bonds. The fourth-order valence-electron chi connectivity index (χ4n) is 2.79. The van der Waals surface area contributed by atoms with Crippen molar-refractivity contribution in [3.63, 3.8) is 0 Å². The van der Waals surface area contributed by atoms with Gasteiger partial charge < -0.3 is 9.11 Å². The van der Waals surface area contributed by atoms with Gasteiger partial charge in [-0.05, 0) is 49.7 Å². The number of benzene rings is 2. The number of hydrogen-bond acceptors (Lipinski definition) is 6. The fourth-order valence-corrected chi connectivity index (χ4v) is 4.02. The minimum Gasteiger partial charge on any atom is -0.744 e. The van der Waals surface area contributed by atoms with Crippen LogP contribution in [0.25, 0.3) is 0 Å². The van der Waals surface area contributed by atoms with Crippen LogP contribution in [0, 0.1) is 0 Å². The van der Waals surface area contributed by atoms with Gasteiger partial charge in [0.25, 0.3) is 0 Å². The molecule has 0 aliphatic heterocycles. The van der Waals surface area contributed by atoms with Crippen molar-refractivity contribution in [1.82, 2.24) is 0 Å². The molecule has 0 heterocycles. The van der Waals surface area contributed by atoms with Gasteiger partial charge in [0.1, 0.15) is 26.0 Å². The van der Waals surface area contributed by atoms with Gasteiger partial charge in [0.2, 0.25) is 0 Å². The first-order valence-corrected chi connectivity index (χ1v) is 14.8. The minimum atomic E-state index is -4.25. The normalized spacial score (nSPS) is 10.7. The minimum absolute atomic E-state index is 0. The molecule has 0 aliphatic carbocycles. The van der Waals surface area contributed by atoms with Crippen molar-refractivity contribution in [2.24, 2.45) is 0 Å². The van der Waals surface area contributed by atoms with Crippen molar-refractivity contribution in [1.29, 1.82) is 0 Å². The van der Waals surface area contributed by atoms with Crippen LogP contribution in [0.1, 0.15) is 71.1 Å². The summed E-state index contributed by atoms with van der Waals surface area (Å²) in [4.78, 5) is -0.370. The Hall–Kier alpha value is -0.390. The molecular weight excluding hydrogens is 503 g/mol. The Morgan fingerprint density at radius 1 is 0.588 bits per heavy atom. The zero-order chi connectivity index (χ0) is 25.0. The van der Waals surface area contributed by atoms with E-state index in [0.29, 0.717) is 0 Å². The second kappa shape index (κ2) is 21.9. The van der Waals surface area contributed by atoms with Crippen LogP contribution in [0.2, 0.25) is 0 Å². The number of rotatable bonds is 12. The molecule has 0 aliphatic rings. The third kappa shape index (κ3) is 20.9. The van der Waals surface area contributed by atoms with Crippen molar-refractivity contribution in [3.8, 4) is 0 Å². The van der Waals surface area contributed by atoms with Gasteiger partial charge in [0, 0.05) is 0 Å². The molecule has 2 aromatic rings. The van der Waals surface area contributed by atoms with Crippen LogP contribution >= 0.6 is 0 Å². The summed E-state index contributed by atoms with van der Waals surface area (Å²) in [6, 6.07) is 14.4. The van der Waals surface area contributed by atoms with Gasteiger partial charge in [0.15, 0.2) is 0 Å². The topological polar surface area (TPSA) is 114 Å². The Morgan fingerprint density at radius 3 is 1.12 bits per heavy atom. The monoisotopic (exact) mass is 540 g/mol. The van der Waals surface area contributed by atoms with E-state index in [2.05, 4.69) is 19.6 Å². The molecule has 2 rings (SSSR count). The number of hydrogen-bond donors (Lipinski definition) is 0. The van der Waals surface area contributed by atoms with Crippen molar-refractivity contribution in [2.75, 3.05) is 5.75 Å². The molecule has 0 aromatic heterocycles. The molecule has 0 bridgehead atoms. The smallest absolute Gasteiger partial charge is 0.744 e. The molecular formula is C24H37NaO6S3. The average Bonchev–Trinajstić information content (AvgIpc) is 2.79. The standard InChI is InChI=1S/C12H26S.2C6H6O3S.Na/c1-2-3-4-5-6-7-8-9-10-11-12-13;2*7-10(8,9)6-4-2-1-3-5-6;/h13H,2-12H2,1H3;2*1-5H,(H,7,8,9);/q;;;+1/p-1. The van der Waals surface area contributed by atoms with Crippen molar-refractivity contribution >= 4 is 32.9 Å². The maximum Gasteiger partial charge on any atom is 1.00 e. The van der Waals surface area contributed by atoms with Crippen LogP contribution in [-0.2, 0) is 32.9 Å². The SMILES string of the molecule is CCCCCCCCCCCC[SH2+].O=S(=O)([O-])c1ccccc1.O=S(=O)([O-])c1ccccc1.[Na+]. The molecule has 188 valence electrons. The van der Waals surface area contributed by atoms with Gasteiger partial charge in [-0.25, -0.2) is 16.8 Å². The summed E-state index contributed by atoms with van der Waals surface area (Å²) in [5, 5.41) is 0. The van der Waals surface area contributed by atoms with Gasteiger partial charge in [-0.1, -0.05) is 94.7 Å². The van der Waals surface area contributed by atoms with E-state index in [1.54, 1.807) is 12.1 Å². The third-order valence-corrected chi connectivity index (χ3v) is 6.65. The van der Waals surface area contributed by atoms with Gasteiger partial charge in [-0.3, -0.25) is 0 Å². The predicted octanol–water partition coefficient (Wildman–Crippen LogP) is 2.10. The zero-order valence-electron chi connectivity index (χ0n) is 20.3.